The minimum atomic E-state index is -0.568. The number of carbonyl (C=O) groups is 1. The molecule has 18 aromatic rings. The molecule has 0 spiro atoms. The van der Waals surface area contributed by atoms with Crippen molar-refractivity contribution >= 4 is 152 Å². The lowest BCUT2D eigenvalue weighted by atomic mass is 10.0. The van der Waals surface area contributed by atoms with E-state index >= 15 is 0 Å². The van der Waals surface area contributed by atoms with E-state index in [0.717, 1.165) is 113 Å². The van der Waals surface area contributed by atoms with Gasteiger partial charge in [0.1, 0.15) is 40.4 Å². The molecule has 0 aliphatic carbocycles. The largest absolute Gasteiger partial charge is 0.497 e. The van der Waals surface area contributed by atoms with Crippen LogP contribution in [0.1, 0.15) is 49.3 Å². The molecule has 0 amide bonds. The van der Waals surface area contributed by atoms with E-state index in [-0.39, 0.29) is 33.7 Å². The molecule has 0 aliphatic heterocycles. The molecular weight excluding hydrogens is 1530 g/mol. The number of methoxy groups -OCH3 is 3. The second-order valence-electron chi connectivity index (χ2n) is 25.5. The van der Waals surface area contributed by atoms with E-state index in [1.54, 1.807) is 21.3 Å². The first kappa shape index (κ1) is 83.9. The molecule has 0 radical (unpaired) electrons. The molecule has 14 nitrogen and oxygen atoms in total. The molecule has 3 N–H and O–H groups in total. The van der Waals surface area contributed by atoms with Gasteiger partial charge >= 0.3 is 0 Å². The van der Waals surface area contributed by atoms with Gasteiger partial charge in [0.25, 0.3) is 5.69 Å². The summed E-state index contributed by atoms with van der Waals surface area (Å²) in [6, 6.07) is 103. The van der Waals surface area contributed by atoms with Crippen molar-refractivity contribution in [3.8, 4) is 51.4 Å². The van der Waals surface area contributed by atoms with E-state index < -0.39 is 4.92 Å². The summed E-state index contributed by atoms with van der Waals surface area (Å²) in [6.07, 6.45) is 0.891. The topological polar surface area (TPSA) is 178 Å². The number of hydrogen-bond acceptors (Lipinski definition) is 10. The van der Waals surface area contributed by atoms with Gasteiger partial charge in [-0.2, -0.15) is 0 Å². The van der Waals surface area contributed by atoms with Crippen molar-refractivity contribution in [3.63, 3.8) is 0 Å². The Morgan fingerprint density at radius 1 is 0.412 bits per heavy atom. The van der Waals surface area contributed by atoms with Crippen LogP contribution in [-0.4, -0.2) is 61.6 Å². The Balaban J connectivity index is 0.000000151. The van der Waals surface area contributed by atoms with Crippen LogP contribution in [0.15, 0.2) is 315 Å². The number of halogens is 5. The van der Waals surface area contributed by atoms with Gasteiger partial charge in [-0.1, -0.05) is 275 Å². The number of nitro groups is 1. The fraction of sp³-hybridized carbons (Fsp3) is 0.0947. The van der Waals surface area contributed by atoms with Gasteiger partial charge in [0.15, 0.2) is 6.29 Å². The van der Waals surface area contributed by atoms with E-state index in [1.165, 1.54) is 61.6 Å². The SMILES string of the molecule is C.C.C.COc1ccc(CCl)cc1.COc1ccc(Cn2c(-c3cccc4ccccc34)nc3cc(Cl)ccc32)cc1.COc1ccc(Cn2c(-c3cccc4ccccc34)nc3ccc(Cl)cc32)cc1.Clc1ccc2nc(-c3cccc4ccccc34)[nH]c2c1.Nc1ccc(Cl)cc1[N+](=O)[O-].O=Cc1cccc2ccccc12. The molecule has 574 valence electrons. The summed E-state index contributed by atoms with van der Waals surface area (Å²) in [4.78, 5) is 38.3. The molecule has 0 atom stereocenters. The number of imidazole rings is 3. The second kappa shape index (κ2) is 39.6. The fourth-order valence-corrected chi connectivity index (χ4v) is 13.7. The number of anilines is 1. The Morgan fingerprint density at radius 2 is 0.807 bits per heavy atom. The highest BCUT2D eigenvalue weighted by atomic mass is 35.5. The summed E-state index contributed by atoms with van der Waals surface area (Å²) in [5, 5.41) is 22.0. The predicted octanol–water partition coefficient (Wildman–Crippen LogP) is 27.0. The van der Waals surface area contributed by atoms with Crippen molar-refractivity contribution in [2.24, 2.45) is 0 Å². The van der Waals surface area contributed by atoms with Crippen LogP contribution in [-0.2, 0) is 19.0 Å². The number of nitrogens with zero attached hydrogens (tertiary/aromatic N) is 6. The molecule has 0 saturated carbocycles. The quantitative estimate of drug-likeness (QED) is 0.0371. The number of rotatable bonds is 13. The van der Waals surface area contributed by atoms with Crippen molar-refractivity contribution in [1.29, 1.82) is 0 Å². The predicted molar refractivity (Wildman–Crippen MR) is 478 cm³/mol. The monoisotopic (exact) mass is 1610 g/mol. The number of benzene rings is 15. The zero-order valence-electron chi connectivity index (χ0n) is 60.3. The van der Waals surface area contributed by atoms with Crippen LogP contribution in [0.3, 0.4) is 0 Å². The minimum Gasteiger partial charge on any atom is -0.497 e. The molecule has 0 bridgehead atoms. The number of hydrogen-bond donors (Lipinski definition) is 2. The maximum Gasteiger partial charge on any atom is 0.293 e. The van der Waals surface area contributed by atoms with Crippen LogP contribution in [0.5, 0.6) is 17.2 Å². The first-order valence-corrected chi connectivity index (χ1v) is 37.2. The molecule has 19 heteroatoms. The van der Waals surface area contributed by atoms with Crippen molar-refractivity contribution in [3.05, 3.63) is 368 Å². The van der Waals surface area contributed by atoms with Crippen LogP contribution in [0.2, 0.25) is 20.1 Å². The molecule has 3 aromatic heterocycles. The van der Waals surface area contributed by atoms with Crippen molar-refractivity contribution in [2.45, 2.75) is 41.2 Å². The number of aromatic nitrogens is 6. The van der Waals surface area contributed by atoms with Gasteiger partial charge in [0, 0.05) is 67.4 Å². The second-order valence-corrected chi connectivity index (χ2v) is 27.5. The van der Waals surface area contributed by atoms with Crippen LogP contribution in [0.25, 0.3) is 110 Å². The van der Waals surface area contributed by atoms with Gasteiger partial charge in [0.2, 0.25) is 0 Å². The molecular formula is C95H83Cl5N8O6. The first-order valence-electron chi connectivity index (χ1n) is 35.1. The smallest absolute Gasteiger partial charge is 0.293 e. The third-order valence-corrected chi connectivity index (χ3v) is 19.7. The molecule has 0 unspecified atom stereocenters. The van der Waals surface area contributed by atoms with Crippen molar-refractivity contribution in [1.82, 2.24) is 29.1 Å². The maximum atomic E-state index is 10.6. The first-order chi connectivity index (χ1) is 54.1. The molecule has 0 fully saturated rings. The number of aromatic amines is 1. The average Bonchev–Trinajstić information content (AvgIpc) is 1.61. The lowest BCUT2D eigenvalue weighted by molar-refractivity contribution is -0.383. The summed E-state index contributed by atoms with van der Waals surface area (Å²) in [7, 11) is 5.01. The van der Waals surface area contributed by atoms with Gasteiger partial charge in [-0.3, -0.25) is 14.9 Å². The number of carbonyl (C=O) groups excluding carboxylic acids is 1. The van der Waals surface area contributed by atoms with Crippen molar-refractivity contribution < 1.29 is 23.9 Å². The Labute approximate surface area is 687 Å². The Hall–Kier alpha value is -12.5. The van der Waals surface area contributed by atoms with Gasteiger partial charge in [0.05, 0.1) is 59.4 Å². The number of alkyl halides is 1. The number of nitrogens with one attached hydrogen (secondary N) is 1. The number of ether oxygens (including phenoxy) is 3. The van der Waals surface area contributed by atoms with E-state index in [0.29, 0.717) is 39.1 Å². The lowest BCUT2D eigenvalue weighted by Gasteiger charge is -2.12. The van der Waals surface area contributed by atoms with Crippen molar-refractivity contribution in [2.75, 3.05) is 27.1 Å². The van der Waals surface area contributed by atoms with Gasteiger partial charge in [-0.25, -0.2) is 15.0 Å². The minimum absolute atomic E-state index is 0. The van der Waals surface area contributed by atoms with E-state index in [4.69, 9.17) is 87.9 Å². The molecule has 0 aliphatic rings. The number of nitrogen functional groups attached to an aromatic ring is 1. The number of nitro benzene ring substituents is 1. The van der Waals surface area contributed by atoms with Crippen LogP contribution < -0.4 is 19.9 Å². The standard InChI is InChI=1S/2C25H19ClN2O.C17H11ClN2.C11H8O.C8H9ClO.C6H5ClN2O2.3CH4/c1-29-20-12-9-17(10-13-20)16-28-24-14-11-19(26)15-23(24)27-25(28)22-8-4-6-18-5-2-3-7-21(18)22;1-29-20-12-9-17(10-13-20)16-28-24-15-19(26)11-14-23(24)27-25(28)22-8-4-6-18-5-2-3-7-21(18)22;18-12-8-9-15-16(10-12)20-17(19-15)14-7-3-5-11-4-1-2-6-13(11)14;12-8-10-6-3-5-9-4-1-2-7-11(9)10;1-10-8-4-2-7(6-9)3-5-8;7-4-1-2-5(8)6(3-4)9(10)11;;;/h2*2-15H,16H2,1H3;1-10H,(H,19,20);1-8H;2-5H,6H2,1H3;1-3H,8H2;3*1H4. The number of nitrogens with two attached hydrogens (primary N) is 1. The maximum absolute atomic E-state index is 10.6. The Kier molecular flexibility index (Phi) is 29.1. The highest BCUT2D eigenvalue weighted by Gasteiger charge is 2.19. The Morgan fingerprint density at radius 3 is 1.30 bits per heavy atom. The highest BCUT2D eigenvalue weighted by molar-refractivity contribution is 6.32. The molecule has 0 saturated heterocycles. The molecule has 15 aromatic carbocycles. The molecule has 3 heterocycles. The highest BCUT2D eigenvalue weighted by Crippen LogP contribution is 2.36. The third-order valence-electron chi connectivity index (χ3n) is 18.4. The van der Waals surface area contributed by atoms with E-state index in [9.17, 15) is 14.9 Å². The lowest BCUT2D eigenvalue weighted by Crippen LogP contribution is -2.02. The van der Waals surface area contributed by atoms with Crippen LogP contribution in [0.4, 0.5) is 11.4 Å². The van der Waals surface area contributed by atoms with E-state index in [1.807, 2.05) is 158 Å². The van der Waals surface area contributed by atoms with Gasteiger partial charge < -0.3 is 34.1 Å². The normalized spacial score (nSPS) is 10.5. The third kappa shape index (κ3) is 20.0. The Bertz CT molecular complexity index is 6190. The zero-order chi connectivity index (χ0) is 77.3. The fourth-order valence-electron chi connectivity index (χ4n) is 12.9. The number of fused-ring (bicyclic) bond motifs is 7. The van der Waals surface area contributed by atoms with Gasteiger partial charge in [-0.05, 0) is 163 Å². The van der Waals surface area contributed by atoms with Gasteiger partial charge in [-0.15, -0.1) is 11.6 Å². The summed E-state index contributed by atoms with van der Waals surface area (Å²) in [6.45, 7) is 1.40. The number of H-pyrrole nitrogens is 1. The summed E-state index contributed by atoms with van der Waals surface area (Å²) in [5.41, 5.74) is 18.6. The van der Waals surface area contributed by atoms with Crippen LogP contribution in [0, 0.1) is 10.1 Å². The summed E-state index contributed by atoms with van der Waals surface area (Å²) < 4.78 is 20.1. The summed E-state index contributed by atoms with van der Waals surface area (Å²) >= 11 is 29.7. The molecule has 114 heavy (non-hydrogen) atoms. The number of aldehydes is 1. The summed E-state index contributed by atoms with van der Waals surface area (Å²) in [5.74, 6) is 5.88. The molecule has 18 rings (SSSR count). The zero-order valence-corrected chi connectivity index (χ0v) is 64.1. The van der Waals surface area contributed by atoms with Crippen LogP contribution >= 0.6 is 58.0 Å². The van der Waals surface area contributed by atoms with E-state index in [2.05, 4.69) is 159 Å². The average molecular weight is 1610 g/mol.